The fourth-order valence-corrected chi connectivity index (χ4v) is 1.87. The Morgan fingerprint density at radius 2 is 2.00 bits per heavy atom. The number of carbonyl (C=O) groups is 1. The second-order valence-electron chi connectivity index (χ2n) is 4.26. The van der Waals surface area contributed by atoms with E-state index in [1.54, 1.807) is 7.11 Å². The SMILES string of the molecule is CCC(CCC(=O)O)Cc1ccc(OC)cc1. The van der Waals surface area contributed by atoms with Gasteiger partial charge in [-0.15, -0.1) is 0 Å². The van der Waals surface area contributed by atoms with Crippen LogP contribution in [0.5, 0.6) is 5.75 Å². The van der Waals surface area contributed by atoms with Crippen LogP contribution in [0.2, 0.25) is 0 Å². The molecule has 0 saturated carbocycles. The Balaban J connectivity index is 2.51. The van der Waals surface area contributed by atoms with Crippen LogP contribution in [0.4, 0.5) is 0 Å². The molecule has 0 aliphatic rings. The summed E-state index contributed by atoms with van der Waals surface area (Å²) in [5.41, 5.74) is 1.24. The van der Waals surface area contributed by atoms with Gasteiger partial charge in [0.15, 0.2) is 0 Å². The van der Waals surface area contributed by atoms with Gasteiger partial charge in [-0.25, -0.2) is 0 Å². The zero-order chi connectivity index (χ0) is 12.7. The molecule has 0 heterocycles. The number of rotatable bonds is 7. The minimum Gasteiger partial charge on any atom is -0.497 e. The molecule has 3 heteroatoms. The van der Waals surface area contributed by atoms with Gasteiger partial charge in [-0.2, -0.15) is 0 Å². The number of carboxylic acid groups (broad SMARTS) is 1. The zero-order valence-corrected chi connectivity index (χ0v) is 10.5. The van der Waals surface area contributed by atoms with Crippen molar-refractivity contribution in [3.63, 3.8) is 0 Å². The maximum Gasteiger partial charge on any atom is 0.303 e. The van der Waals surface area contributed by atoms with Crippen molar-refractivity contribution in [2.24, 2.45) is 5.92 Å². The summed E-state index contributed by atoms with van der Waals surface area (Å²) < 4.78 is 5.10. The highest BCUT2D eigenvalue weighted by molar-refractivity contribution is 5.66. The van der Waals surface area contributed by atoms with Gasteiger partial charge in [0.25, 0.3) is 0 Å². The summed E-state index contributed by atoms with van der Waals surface area (Å²) in [6.45, 7) is 2.11. The Kier molecular flexibility index (Phi) is 5.53. The van der Waals surface area contributed by atoms with Crippen LogP contribution in [0.15, 0.2) is 24.3 Å². The number of carboxylic acids is 1. The third kappa shape index (κ3) is 4.89. The minimum atomic E-state index is -0.710. The molecule has 1 atom stereocenters. The first-order valence-electron chi connectivity index (χ1n) is 6.00. The second-order valence-corrected chi connectivity index (χ2v) is 4.26. The van der Waals surface area contributed by atoms with E-state index in [2.05, 4.69) is 6.92 Å². The van der Waals surface area contributed by atoms with Crippen LogP contribution in [0.1, 0.15) is 31.7 Å². The molecule has 0 spiro atoms. The van der Waals surface area contributed by atoms with Crippen molar-refractivity contribution in [3.8, 4) is 5.75 Å². The van der Waals surface area contributed by atoms with Crippen LogP contribution >= 0.6 is 0 Å². The van der Waals surface area contributed by atoms with Crippen LogP contribution in [-0.2, 0) is 11.2 Å². The van der Waals surface area contributed by atoms with Crippen LogP contribution in [-0.4, -0.2) is 18.2 Å². The molecular weight excluding hydrogens is 216 g/mol. The van der Waals surface area contributed by atoms with Crippen LogP contribution in [0, 0.1) is 5.92 Å². The van der Waals surface area contributed by atoms with Crippen molar-refractivity contribution in [3.05, 3.63) is 29.8 Å². The van der Waals surface area contributed by atoms with Gasteiger partial charge in [0, 0.05) is 6.42 Å². The number of benzene rings is 1. The summed E-state index contributed by atoms with van der Waals surface area (Å²) in [4.78, 5) is 10.5. The second kappa shape index (κ2) is 6.94. The maximum absolute atomic E-state index is 10.5. The summed E-state index contributed by atoms with van der Waals surface area (Å²) in [7, 11) is 1.65. The highest BCUT2D eigenvalue weighted by Gasteiger charge is 2.09. The molecule has 94 valence electrons. The summed E-state index contributed by atoms with van der Waals surface area (Å²) >= 11 is 0. The van der Waals surface area contributed by atoms with E-state index in [1.807, 2.05) is 24.3 Å². The molecule has 0 saturated heterocycles. The highest BCUT2D eigenvalue weighted by Crippen LogP contribution is 2.19. The topological polar surface area (TPSA) is 46.5 Å². The highest BCUT2D eigenvalue weighted by atomic mass is 16.5. The fraction of sp³-hybridized carbons (Fsp3) is 0.500. The number of hydrogen-bond acceptors (Lipinski definition) is 2. The lowest BCUT2D eigenvalue weighted by molar-refractivity contribution is -0.137. The number of hydrogen-bond donors (Lipinski definition) is 1. The molecule has 17 heavy (non-hydrogen) atoms. The largest absolute Gasteiger partial charge is 0.497 e. The molecule has 0 bridgehead atoms. The van der Waals surface area contributed by atoms with E-state index in [0.29, 0.717) is 5.92 Å². The molecule has 1 N–H and O–H groups in total. The Hall–Kier alpha value is -1.51. The summed E-state index contributed by atoms with van der Waals surface area (Å²) in [6, 6.07) is 7.98. The Morgan fingerprint density at radius 1 is 1.35 bits per heavy atom. The first-order chi connectivity index (χ1) is 8.15. The Bertz CT molecular complexity index is 343. The Morgan fingerprint density at radius 3 is 2.47 bits per heavy atom. The predicted molar refractivity (Wildman–Crippen MR) is 67.3 cm³/mol. The average molecular weight is 236 g/mol. The van der Waals surface area contributed by atoms with Gasteiger partial charge < -0.3 is 9.84 Å². The van der Waals surface area contributed by atoms with Crippen LogP contribution in [0.25, 0.3) is 0 Å². The van der Waals surface area contributed by atoms with Crippen molar-refractivity contribution in [2.45, 2.75) is 32.6 Å². The van der Waals surface area contributed by atoms with Crippen LogP contribution in [0.3, 0.4) is 0 Å². The summed E-state index contributed by atoms with van der Waals surface area (Å²) in [5, 5.41) is 8.68. The van der Waals surface area contributed by atoms with E-state index in [9.17, 15) is 4.79 Å². The number of ether oxygens (including phenoxy) is 1. The molecule has 0 amide bonds. The molecule has 0 aromatic heterocycles. The lowest BCUT2D eigenvalue weighted by atomic mass is 9.92. The molecule has 1 rings (SSSR count). The monoisotopic (exact) mass is 236 g/mol. The molecule has 0 radical (unpaired) electrons. The molecule has 1 unspecified atom stereocenters. The first kappa shape index (κ1) is 13.6. The Labute approximate surface area is 102 Å². The normalized spacial score (nSPS) is 12.1. The molecule has 3 nitrogen and oxygen atoms in total. The van der Waals surface area contributed by atoms with E-state index in [-0.39, 0.29) is 6.42 Å². The van der Waals surface area contributed by atoms with Crippen molar-refractivity contribution < 1.29 is 14.6 Å². The van der Waals surface area contributed by atoms with E-state index in [4.69, 9.17) is 9.84 Å². The number of methoxy groups -OCH3 is 1. The molecule has 0 aliphatic carbocycles. The lowest BCUT2D eigenvalue weighted by Crippen LogP contribution is -2.06. The van der Waals surface area contributed by atoms with Gasteiger partial charge in [0.2, 0.25) is 0 Å². The van der Waals surface area contributed by atoms with Crippen molar-refractivity contribution in [2.75, 3.05) is 7.11 Å². The quantitative estimate of drug-likeness (QED) is 0.791. The van der Waals surface area contributed by atoms with Crippen molar-refractivity contribution in [1.82, 2.24) is 0 Å². The summed E-state index contributed by atoms with van der Waals surface area (Å²) in [6.07, 6.45) is 2.96. The molecule has 0 fully saturated rings. The predicted octanol–water partition coefficient (Wildman–Crippen LogP) is 3.13. The van der Waals surface area contributed by atoms with Gasteiger partial charge in [-0.1, -0.05) is 25.5 Å². The van der Waals surface area contributed by atoms with Gasteiger partial charge in [-0.3, -0.25) is 4.79 Å². The molecule has 1 aromatic carbocycles. The smallest absolute Gasteiger partial charge is 0.303 e. The van der Waals surface area contributed by atoms with Gasteiger partial charge in [0.1, 0.15) is 5.75 Å². The molecular formula is C14H20O3. The van der Waals surface area contributed by atoms with E-state index < -0.39 is 5.97 Å². The van der Waals surface area contributed by atoms with Crippen molar-refractivity contribution >= 4 is 5.97 Å². The molecule has 1 aromatic rings. The zero-order valence-electron chi connectivity index (χ0n) is 10.5. The number of aliphatic carboxylic acids is 1. The lowest BCUT2D eigenvalue weighted by Gasteiger charge is -2.13. The third-order valence-electron chi connectivity index (χ3n) is 3.03. The summed E-state index contributed by atoms with van der Waals surface area (Å²) in [5.74, 6) is 0.588. The molecule has 0 aliphatic heterocycles. The first-order valence-corrected chi connectivity index (χ1v) is 6.00. The van der Waals surface area contributed by atoms with Gasteiger partial charge in [-0.05, 0) is 36.5 Å². The fourth-order valence-electron chi connectivity index (χ4n) is 1.87. The average Bonchev–Trinajstić information content (AvgIpc) is 2.35. The van der Waals surface area contributed by atoms with Gasteiger partial charge in [0.05, 0.1) is 7.11 Å². The van der Waals surface area contributed by atoms with E-state index in [1.165, 1.54) is 5.56 Å². The minimum absolute atomic E-state index is 0.259. The van der Waals surface area contributed by atoms with E-state index >= 15 is 0 Å². The van der Waals surface area contributed by atoms with E-state index in [0.717, 1.165) is 25.0 Å². The van der Waals surface area contributed by atoms with Crippen molar-refractivity contribution in [1.29, 1.82) is 0 Å². The third-order valence-corrected chi connectivity index (χ3v) is 3.03. The van der Waals surface area contributed by atoms with Crippen LogP contribution < -0.4 is 4.74 Å². The van der Waals surface area contributed by atoms with Gasteiger partial charge >= 0.3 is 5.97 Å². The standard InChI is InChI=1S/C14H20O3/c1-3-11(6-9-14(15)16)10-12-4-7-13(17-2)8-5-12/h4-5,7-8,11H,3,6,9-10H2,1-2H3,(H,15,16). The maximum atomic E-state index is 10.5.